The zero-order valence-corrected chi connectivity index (χ0v) is 21.0. The lowest BCUT2D eigenvalue weighted by atomic mass is 9.96. The van der Waals surface area contributed by atoms with E-state index in [4.69, 9.17) is 13.9 Å². The van der Waals surface area contributed by atoms with Crippen LogP contribution in [0.2, 0.25) is 0 Å². The van der Waals surface area contributed by atoms with Crippen molar-refractivity contribution in [3.05, 3.63) is 46.9 Å². The molecule has 7 nitrogen and oxygen atoms in total. The summed E-state index contributed by atoms with van der Waals surface area (Å²) in [6, 6.07) is 7.64. The number of nitrogens with zero attached hydrogens (tertiary/aromatic N) is 1. The average Bonchev–Trinajstić information content (AvgIpc) is 3.03. The predicted molar refractivity (Wildman–Crippen MR) is 130 cm³/mol. The number of nitrogens with one attached hydrogen (secondary N) is 2. The van der Waals surface area contributed by atoms with Crippen LogP contribution < -0.4 is 20.1 Å². The smallest absolute Gasteiger partial charge is 0.191 e. The number of furan rings is 1. The van der Waals surface area contributed by atoms with E-state index < -0.39 is 5.60 Å². The van der Waals surface area contributed by atoms with Gasteiger partial charge in [0.25, 0.3) is 0 Å². The van der Waals surface area contributed by atoms with Crippen LogP contribution in [0, 0.1) is 13.8 Å². The van der Waals surface area contributed by atoms with Gasteiger partial charge in [-0.1, -0.05) is 6.07 Å². The van der Waals surface area contributed by atoms with Gasteiger partial charge in [0, 0.05) is 12.1 Å². The molecule has 0 radical (unpaired) electrons. The third kappa shape index (κ3) is 7.09. The molecule has 168 valence electrons. The number of rotatable bonds is 9. The van der Waals surface area contributed by atoms with E-state index in [1.54, 1.807) is 14.0 Å². The molecule has 1 aromatic heterocycles. The van der Waals surface area contributed by atoms with E-state index >= 15 is 0 Å². The summed E-state index contributed by atoms with van der Waals surface area (Å²) in [4.78, 5) is 4.63. The Hall–Kier alpha value is -1.94. The summed E-state index contributed by atoms with van der Waals surface area (Å²) in [6.07, 6.45) is 0. The van der Waals surface area contributed by atoms with Gasteiger partial charge < -0.3 is 29.6 Å². The summed E-state index contributed by atoms with van der Waals surface area (Å²) < 4.78 is 16.5. The minimum atomic E-state index is -1.08. The number of guanidine groups is 1. The fraction of sp³-hybridized carbons (Fsp3) is 0.500. The Labute approximate surface area is 196 Å². The molecule has 0 saturated carbocycles. The fourth-order valence-corrected chi connectivity index (χ4v) is 3.12. The number of methoxy groups -OCH3 is 1. The zero-order chi connectivity index (χ0) is 21.4. The first kappa shape index (κ1) is 26.1. The quantitative estimate of drug-likeness (QED) is 0.259. The summed E-state index contributed by atoms with van der Waals surface area (Å²) in [5.41, 5.74) is 0.690. The minimum Gasteiger partial charge on any atom is -0.493 e. The lowest BCUT2D eigenvalue weighted by Gasteiger charge is -2.24. The Morgan fingerprint density at radius 2 is 1.90 bits per heavy atom. The van der Waals surface area contributed by atoms with Gasteiger partial charge in [0.1, 0.15) is 17.1 Å². The van der Waals surface area contributed by atoms with E-state index in [-0.39, 0.29) is 24.0 Å². The molecule has 1 heterocycles. The molecule has 0 spiro atoms. The van der Waals surface area contributed by atoms with Crippen LogP contribution in [0.4, 0.5) is 0 Å². The molecule has 30 heavy (non-hydrogen) atoms. The number of aliphatic hydroxyl groups is 1. The first-order valence-electron chi connectivity index (χ1n) is 9.92. The Kier molecular flexibility index (Phi) is 10.5. The number of benzene rings is 1. The molecular formula is C22H34IN3O4. The minimum absolute atomic E-state index is 0. The van der Waals surface area contributed by atoms with E-state index in [2.05, 4.69) is 15.6 Å². The van der Waals surface area contributed by atoms with Crippen LogP contribution in [-0.2, 0) is 12.1 Å². The van der Waals surface area contributed by atoms with Crippen molar-refractivity contribution >= 4 is 29.9 Å². The average molecular weight is 531 g/mol. The van der Waals surface area contributed by atoms with E-state index in [1.807, 2.05) is 52.0 Å². The van der Waals surface area contributed by atoms with Gasteiger partial charge in [-0.3, -0.25) is 0 Å². The SMILES string of the molecule is CCNC(=NCc1ccc(OC)c(OCC)c1)NCC(C)(O)c1cc(C)oc1C.I. The Balaban J connectivity index is 0.00000450. The maximum absolute atomic E-state index is 10.9. The largest absolute Gasteiger partial charge is 0.493 e. The summed E-state index contributed by atoms with van der Waals surface area (Å²) in [5.74, 6) is 3.53. The van der Waals surface area contributed by atoms with E-state index in [9.17, 15) is 5.11 Å². The maximum atomic E-state index is 10.9. The molecule has 0 fully saturated rings. The first-order valence-corrected chi connectivity index (χ1v) is 9.92. The number of aliphatic imine (C=N–C) groups is 1. The topological polar surface area (TPSA) is 88.3 Å². The molecular weight excluding hydrogens is 497 g/mol. The molecule has 1 aromatic carbocycles. The monoisotopic (exact) mass is 531 g/mol. The molecule has 1 atom stereocenters. The molecule has 0 bridgehead atoms. The van der Waals surface area contributed by atoms with Crippen molar-refractivity contribution in [1.82, 2.24) is 10.6 Å². The number of aryl methyl sites for hydroxylation is 2. The van der Waals surface area contributed by atoms with Crippen LogP contribution in [0.3, 0.4) is 0 Å². The summed E-state index contributed by atoms with van der Waals surface area (Å²) in [6.45, 7) is 11.5. The van der Waals surface area contributed by atoms with E-state index in [1.165, 1.54) is 0 Å². The second-order valence-electron chi connectivity index (χ2n) is 7.07. The van der Waals surface area contributed by atoms with Crippen LogP contribution in [-0.4, -0.2) is 37.9 Å². The van der Waals surface area contributed by atoms with Crippen LogP contribution in [0.5, 0.6) is 11.5 Å². The van der Waals surface area contributed by atoms with Gasteiger partial charge in [0.2, 0.25) is 0 Å². The Morgan fingerprint density at radius 3 is 2.47 bits per heavy atom. The second-order valence-corrected chi connectivity index (χ2v) is 7.07. The lowest BCUT2D eigenvalue weighted by Crippen LogP contribution is -2.44. The summed E-state index contributed by atoms with van der Waals surface area (Å²) in [7, 11) is 1.62. The number of ether oxygens (including phenoxy) is 2. The zero-order valence-electron chi connectivity index (χ0n) is 18.7. The maximum Gasteiger partial charge on any atom is 0.191 e. The molecule has 0 aliphatic heterocycles. The molecule has 2 aromatic rings. The van der Waals surface area contributed by atoms with Crippen LogP contribution in [0.1, 0.15) is 43.4 Å². The number of hydrogen-bond acceptors (Lipinski definition) is 5. The van der Waals surface area contributed by atoms with Gasteiger partial charge in [-0.25, -0.2) is 4.99 Å². The number of hydrogen-bond donors (Lipinski definition) is 3. The van der Waals surface area contributed by atoms with Crippen molar-refractivity contribution in [2.75, 3.05) is 26.8 Å². The first-order chi connectivity index (χ1) is 13.8. The van der Waals surface area contributed by atoms with Crippen molar-refractivity contribution in [1.29, 1.82) is 0 Å². The highest BCUT2D eigenvalue weighted by atomic mass is 127. The van der Waals surface area contributed by atoms with Gasteiger partial charge in [-0.2, -0.15) is 0 Å². The molecule has 0 aliphatic carbocycles. The third-order valence-corrected chi connectivity index (χ3v) is 4.51. The van der Waals surface area contributed by atoms with Crippen LogP contribution in [0.25, 0.3) is 0 Å². The molecule has 3 N–H and O–H groups in total. The van der Waals surface area contributed by atoms with Crippen LogP contribution in [0.15, 0.2) is 33.7 Å². The standard InChI is InChI=1S/C22H33N3O4.HI/c1-7-23-21(25-14-22(5,26)18-11-15(3)29-16(18)4)24-13-17-9-10-19(27-6)20(12-17)28-8-2;/h9-12,26H,7-8,13-14H2,1-6H3,(H2,23,24,25);1H. The van der Waals surface area contributed by atoms with Crippen molar-refractivity contribution < 1.29 is 19.0 Å². The number of halogens is 1. The molecule has 1 unspecified atom stereocenters. The summed E-state index contributed by atoms with van der Waals surface area (Å²) in [5, 5.41) is 17.3. The molecule has 0 aliphatic rings. The highest BCUT2D eigenvalue weighted by molar-refractivity contribution is 14.0. The van der Waals surface area contributed by atoms with Gasteiger partial charge in [-0.05, 0) is 58.4 Å². The van der Waals surface area contributed by atoms with Crippen LogP contribution >= 0.6 is 24.0 Å². The van der Waals surface area contributed by atoms with Gasteiger partial charge in [-0.15, -0.1) is 24.0 Å². The molecule has 0 amide bonds. The summed E-state index contributed by atoms with van der Waals surface area (Å²) >= 11 is 0. The van der Waals surface area contributed by atoms with Crippen molar-refractivity contribution in [2.24, 2.45) is 4.99 Å². The Morgan fingerprint density at radius 1 is 1.17 bits per heavy atom. The van der Waals surface area contributed by atoms with Gasteiger partial charge in [0.05, 0.1) is 26.8 Å². The van der Waals surface area contributed by atoms with Gasteiger partial charge in [0.15, 0.2) is 17.5 Å². The lowest BCUT2D eigenvalue weighted by molar-refractivity contribution is 0.0601. The third-order valence-electron chi connectivity index (χ3n) is 4.51. The van der Waals surface area contributed by atoms with E-state index in [0.29, 0.717) is 43.7 Å². The highest BCUT2D eigenvalue weighted by Gasteiger charge is 2.27. The highest BCUT2D eigenvalue weighted by Crippen LogP contribution is 2.28. The van der Waals surface area contributed by atoms with Crippen molar-refractivity contribution in [2.45, 2.75) is 46.8 Å². The van der Waals surface area contributed by atoms with Crippen molar-refractivity contribution in [3.63, 3.8) is 0 Å². The van der Waals surface area contributed by atoms with E-state index in [0.717, 1.165) is 22.6 Å². The Bertz CT molecular complexity index is 834. The van der Waals surface area contributed by atoms with Gasteiger partial charge >= 0.3 is 0 Å². The predicted octanol–water partition coefficient (Wildman–Crippen LogP) is 3.88. The fourth-order valence-electron chi connectivity index (χ4n) is 3.12. The normalized spacial score (nSPS) is 13.2. The molecule has 2 rings (SSSR count). The molecule has 8 heteroatoms. The second kappa shape index (κ2) is 12.0. The molecule has 0 saturated heterocycles. The van der Waals surface area contributed by atoms with Crippen molar-refractivity contribution in [3.8, 4) is 11.5 Å².